The van der Waals surface area contributed by atoms with Crippen LogP contribution in [0.3, 0.4) is 0 Å². The van der Waals surface area contributed by atoms with E-state index in [0.29, 0.717) is 6.54 Å². The first-order valence-corrected chi connectivity index (χ1v) is 14.6. The van der Waals surface area contributed by atoms with Crippen LogP contribution in [0.1, 0.15) is 39.9 Å². The van der Waals surface area contributed by atoms with E-state index in [2.05, 4.69) is 114 Å². The Morgan fingerprint density at radius 3 is 1.67 bits per heavy atom. The molecule has 3 atom stereocenters. The van der Waals surface area contributed by atoms with Gasteiger partial charge >= 0.3 is 0 Å². The van der Waals surface area contributed by atoms with Crippen molar-refractivity contribution in [2.75, 3.05) is 7.11 Å². The van der Waals surface area contributed by atoms with Crippen LogP contribution in [0.25, 0.3) is 0 Å². The van der Waals surface area contributed by atoms with Gasteiger partial charge in [-0.1, -0.05) is 133 Å². The van der Waals surface area contributed by atoms with Crippen molar-refractivity contribution >= 4 is 5.91 Å². The van der Waals surface area contributed by atoms with Crippen molar-refractivity contribution in [2.45, 2.75) is 31.7 Å². The third-order valence-electron chi connectivity index (χ3n) is 8.23. The minimum atomic E-state index is -0.236. The Hall–Kier alpha value is -4.67. The van der Waals surface area contributed by atoms with Gasteiger partial charge in [-0.2, -0.15) is 0 Å². The molecule has 6 rings (SSSR count). The second kappa shape index (κ2) is 12.9. The van der Waals surface area contributed by atoms with Crippen molar-refractivity contribution < 1.29 is 9.53 Å². The van der Waals surface area contributed by atoms with E-state index in [-0.39, 0.29) is 23.9 Å². The number of hydrogen-bond donors (Lipinski definition) is 0. The normalized spacial score (nSPS) is 17.1. The molecule has 1 saturated heterocycles. The van der Waals surface area contributed by atoms with E-state index in [1.54, 1.807) is 7.11 Å². The average molecular weight is 553 g/mol. The SMILES string of the molecule is COc1ccc(CN2C(=O)[C@@H]([C@H](c3ccccc3)N(Cc3ccccc3)Cc3ccccc3)[C@H]2c2ccccc2)cc1. The molecule has 0 spiro atoms. The number of benzene rings is 5. The lowest BCUT2D eigenvalue weighted by Crippen LogP contribution is -2.58. The number of amides is 1. The van der Waals surface area contributed by atoms with E-state index in [1.807, 2.05) is 41.3 Å². The number of methoxy groups -OCH3 is 1. The van der Waals surface area contributed by atoms with Gasteiger partial charge in [0.25, 0.3) is 0 Å². The highest BCUT2D eigenvalue weighted by Crippen LogP contribution is 2.50. The second-order valence-corrected chi connectivity index (χ2v) is 10.9. The Labute approximate surface area is 248 Å². The summed E-state index contributed by atoms with van der Waals surface area (Å²) in [4.78, 5) is 18.9. The van der Waals surface area contributed by atoms with Gasteiger partial charge in [0.2, 0.25) is 5.91 Å². The van der Waals surface area contributed by atoms with Crippen molar-refractivity contribution in [3.05, 3.63) is 173 Å². The van der Waals surface area contributed by atoms with Gasteiger partial charge in [-0.15, -0.1) is 0 Å². The average Bonchev–Trinajstić information content (AvgIpc) is 3.06. The summed E-state index contributed by atoms with van der Waals surface area (Å²) >= 11 is 0. The van der Waals surface area contributed by atoms with Crippen LogP contribution in [-0.4, -0.2) is 22.8 Å². The Balaban J connectivity index is 1.41. The molecule has 5 aromatic carbocycles. The van der Waals surface area contributed by atoms with Gasteiger partial charge in [-0.3, -0.25) is 9.69 Å². The molecule has 5 aromatic rings. The number of rotatable bonds is 11. The summed E-state index contributed by atoms with van der Waals surface area (Å²) in [6.07, 6.45) is 0. The third kappa shape index (κ3) is 6.00. The molecule has 210 valence electrons. The lowest BCUT2D eigenvalue weighted by molar-refractivity contribution is -0.165. The first kappa shape index (κ1) is 27.5. The van der Waals surface area contributed by atoms with Crippen molar-refractivity contribution in [3.8, 4) is 5.75 Å². The van der Waals surface area contributed by atoms with Gasteiger partial charge in [-0.25, -0.2) is 0 Å². The van der Waals surface area contributed by atoms with E-state index >= 15 is 0 Å². The summed E-state index contributed by atoms with van der Waals surface area (Å²) < 4.78 is 5.36. The molecule has 4 nitrogen and oxygen atoms in total. The minimum absolute atomic E-state index is 0.0555. The van der Waals surface area contributed by atoms with Gasteiger partial charge in [-0.05, 0) is 39.9 Å². The van der Waals surface area contributed by atoms with Crippen molar-refractivity contribution in [1.29, 1.82) is 0 Å². The molecule has 1 aliphatic rings. The van der Waals surface area contributed by atoms with Gasteiger partial charge in [0.1, 0.15) is 5.75 Å². The molecule has 0 radical (unpaired) electrons. The highest BCUT2D eigenvalue weighted by molar-refractivity contribution is 5.87. The molecular weight excluding hydrogens is 516 g/mol. The topological polar surface area (TPSA) is 32.8 Å². The van der Waals surface area contributed by atoms with Gasteiger partial charge < -0.3 is 9.64 Å². The molecule has 0 bridgehead atoms. The molecule has 0 N–H and O–H groups in total. The van der Waals surface area contributed by atoms with Crippen LogP contribution in [0.15, 0.2) is 146 Å². The number of carbonyl (C=O) groups excluding carboxylic acids is 1. The van der Waals surface area contributed by atoms with Crippen molar-refractivity contribution in [1.82, 2.24) is 9.80 Å². The highest BCUT2D eigenvalue weighted by Gasteiger charge is 2.53. The zero-order valence-corrected chi connectivity index (χ0v) is 23.9. The number of likely N-dealkylation sites (tertiary alicyclic amines) is 1. The maximum Gasteiger partial charge on any atom is 0.230 e. The van der Waals surface area contributed by atoms with E-state index in [0.717, 1.165) is 35.5 Å². The molecule has 0 saturated carbocycles. The summed E-state index contributed by atoms with van der Waals surface area (Å²) in [5.74, 6) is 0.757. The molecule has 4 heteroatoms. The van der Waals surface area contributed by atoms with Crippen LogP contribution < -0.4 is 4.74 Å². The first-order valence-electron chi connectivity index (χ1n) is 14.6. The van der Waals surface area contributed by atoms with Crippen molar-refractivity contribution in [3.63, 3.8) is 0 Å². The Morgan fingerprint density at radius 1 is 0.643 bits per heavy atom. The fourth-order valence-electron chi connectivity index (χ4n) is 6.21. The van der Waals surface area contributed by atoms with E-state index in [4.69, 9.17) is 4.74 Å². The van der Waals surface area contributed by atoms with Crippen LogP contribution in [0.2, 0.25) is 0 Å². The number of β-lactam (4-membered cyclic amide) rings is 1. The van der Waals surface area contributed by atoms with Crippen molar-refractivity contribution in [2.24, 2.45) is 5.92 Å². The summed E-state index contributed by atoms with van der Waals surface area (Å²) in [6.45, 7) is 2.02. The molecule has 0 aliphatic carbocycles. The molecule has 0 unspecified atom stereocenters. The zero-order valence-electron chi connectivity index (χ0n) is 23.9. The maximum absolute atomic E-state index is 14.4. The molecule has 1 amide bonds. The summed E-state index contributed by atoms with van der Waals surface area (Å²) in [7, 11) is 1.67. The third-order valence-corrected chi connectivity index (χ3v) is 8.23. The largest absolute Gasteiger partial charge is 0.497 e. The fourth-order valence-corrected chi connectivity index (χ4v) is 6.21. The van der Waals surface area contributed by atoms with Gasteiger partial charge in [0.15, 0.2) is 0 Å². The number of carbonyl (C=O) groups is 1. The summed E-state index contributed by atoms with van der Waals surface area (Å²) in [5.41, 5.74) is 5.87. The standard InChI is InChI=1S/C38H36N2O2/c1-42-34-24-22-31(23-25-34)28-40-37(33-20-12-5-13-21-33)35(38(40)41)36(32-18-10-4-11-19-32)39(26-29-14-6-2-7-15-29)27-30-16-8-3-9-17-30/h2-25,35-37H,26-28H2,1H3/t35-,36-,37+/m0/s1. The summed E-state index contributed by atoms with van der Waals surface area (Å²) in [5, 5.41) is 0. The van der Waals surface area contributed by atoms with Gasteiger partial charge in [0.05, 0.1) is 19.1 Å². The number of hydrogen-bond acceptors (Lipinski definition) is 3. The highest BCUT2D eigenvalue weighted by atomic mass is 16.5. The summed E-state index contributed by atoms with van der Waals surface area (Å²) in [6, 6.07) is 50.1. The predicted molar refractivity (Wildman–Crippen MR) is 168 cm³/mol. The van der Waals surface area contributed by atoms with Crippen LogP contribution in [-0.2, 0) is 24.4 Å². The molecule has 1 heterocycles. The minimum Gasteiger partial charge on any atom is -0.497 e. The van der Waals surface area contributed by atoms with E-state index in [9.17, 15) is 4.79 Å². The van der Waals surface area contributed by atoms with Crippen LogP contribution >= 0.6 is 0 Å². The van der Waals surface area contributed by atoms with Crippen LogP contribution in [0, 0.1) is 5.92 Å². The second-order valence-electron chi connectivity index (χ2n) is 10.9. The van der Waals surface area contributed by atoms with Crippen LogP contribution in [0.5, 0.6) is 5.75 Å². The maximum atomic E-state index is 14.4. The van der Waals surface area contributed by atoms with E-state index < -0.39 is 0 Å². The Kier molecular flexibility index (Phi) is 8.43. The lowest BCUT2D eigenvalue weighted by Gasteiger charge is -2.53. The quantitative estimate of drug-likeness (QED) is 0.157. The lowest BCUT2D eigenvalue weighted by atomic mass is 9.74. The molecule has 42 heavy (non-hydrogen) atoms. The fraction of sp³-hybridized carbons (Fsp3) is 0.184. The monoisotopic (exact) mass is 552 g/mol. The Bertz CT molecular complexity index is 1520. The smallest absolute Gasteiger partial charge is 0.230 e. The van der Waals surface area contributed by atoms with Gasteiger partial charge in [0, 0.05) is 25.7 Å². The van der Waals surface area contributed by atoms with E-state index in [1.165, 1.54) is 11.1 Å². The first-order chi connectivity index (χ1) is 20.7. The number of nitrogens with zero attached hydrogens (tertiary/aromatic N) is 2. The molecule has 1 aliphatic heterocycles. The molecule has 0 aromatic heterocycles. The van der Waals surface area contributed by atoms with Crippen LogP contribution in [0.4, 0.5) is 0 Å². The Morgan fingerprint density at radius 2 is 1.14 bits per heavy atom. The zero-order chi connectivity index (χ0) is 28.7. The molecule has 1 fully saturated rings. The molecular formula is C38H36N2O2. The predicted octanol–water partition coefficient (Wildman–Crippen LogP) is 7.84. The number of ether oxygens (including phenoxy) is 1.